The number of carbonyl (C=O) groups excluding carboxylic acids is 1. The van der Waals surface area contributed by atoms with Crippen LogP contribution in [0.1, 0.15) is 26.6 Å². The number of pyridine rings is 1. The van der Waals surface area contributed by atoms with E-state index in [2.05, 4.69) is 56.3 Å². The average Bonchev–Trinajstić information content (AvgIpc) is 3.23. The van der Waals surface area contributed by atoms with Crippen molar-refractivity contribution in [1.82, 2.24) is 20.2 Å². The second kappa shape index (κ2) is 9.15. The van der Waals surface area contributed by atoms with E-state index in [1.54, 1.807) is 23.7 Å². The molecule has 3 heterocycles. The largest absolute Gasteiger partial charge is 0.369 e. The van der Waals surface area contributed by atoms with Gasteiger partial charge in [-0.3, -0.25) is 14.7 Å². The van der Waals surface area contributed by atoms with E-state index in [-0.39, 0.29) is 5.91 Å². The summed E-state index contributed by atoms with van der Waals surface area (Å²) in [5.74, 6) is -0.138. The predicted octanol–water partition coefficient (Wildman–Crippen LogP) is 3.10. The van der Waals surface area contributed by atoms with E-state index in [4.69, 9.17) is 0 Å². The standard InChI is InChI=1S/C22H25N5OS/c1-17-4-6-19(7-5-17)27-11-9-26(10-12-27)15-21-25-20(16-29-21)22(28)24-14-18-3-2-8-23-13-18/h2-8,13,16H,9-12,14-15H2,1H3,(H,24,28). The molecule has 1 N–H and O–H groups in total. The van der Waals surface area contributed by atoms with Gasteiger partial charge in [0.05, 0.1) is 6.54 Å². The van der Waals surface area contributed by atoms with Crippen LogP contribution in [-0.2, 0) is 13.1 Å². The minimum Gasteiger partial charge on any atom is -0.369 e. The van der Waals surface area contributed by atoms with Gasteiger partial charge in [-0.15, -0.1) is 11.3 Å². The number of amides is 1. The minimum atomic E-state index is -0.138. The Morgan fingerprint density at radius 3 is 2.66 bits per heavy atom. The maximum absolute atomic E-state index is 12.3. The lowest BCUT2D eigenvalue weighted by atomic mass is 10.2. The molecule has 1 aromatic carbocycles. The Hall–Kier alpha value is -2.77. The zero-order valence-corrected chi connectivity index (χ0v) is 17.4. The first-order valence-corrected chi connectivity index (χ1v) is 10.7. The number of carbonyl (C=O) groups is 1. The zero-order chi connectivity index (χ0) is 20.1. The molecule has 0 unspecified atom stereocenters. The minimum absolute atomic E-state index is 0.138. The van der Waals surface area contributed by atoms with E-state index >= 15 is 0 Å². The normalized spacial score (nSPS) is 14.7. The maximum atomic E-state index is 12.3. The van der Waals surface area contributed by atoms with Crippen molar-refractivity contribution in [2.45, 2.75) is 20.0 Å². The van der Waals surface area contributed by atoms with Crippen molar-refractivity contribution in [2.75, 3.05) is 31.1 Å². The van der Waals surface area contributed by atoms with Gasteiger partial charge in [-0.05, 0) is 30.7 Å². The molecule has 0 aliphatic carbocycles. The van der Waals surface area contributed by atoms with Crippen molar-refractivity contribution in [2.24, 2.45) is 0 Å². The summed E-state index contributed by atoms with van der Waals surface area (Å²) in [6.07, 6.45) is 3.47. The summed E-state index contributed by atoms with van der Waals surface area (Å²) in [6, 6.07) is 12.5. The van der Waals surface area contributed by atoms with Gasteiger partial charge in [0.15, 0.2) is 0 Å². The van der Waals surface area contributed by atoms with E-state index in [1.165, 1.54) is 11.3 Å². The average molecular weight is 408 g/mol. The number of aromatic nitrogens is 2. The lowest BCUT2D eigenvalue weighted by Crippen LogP contribution is -2.45. The van der Waals surface area contributed by atoms with E-state index < -0.39 is 0 Å². The molecule has 0 atom stereocenters. The van der Waals surface area contributed by atoms with Crippen LogP contribution < -0.4 is 10.2 Å². The molecule has 0 bridgehead atoms. The molecule has 3 aromatic rings. The number of nitrogens with zero attached hydrogens (tertiary/aromatic N) is 4. The van der Waals surface area contributed by atoms with Crippen LogP contribution in [0.3, 0.4) is 0 Å². The number of aryl methyl sites for hydroxylation is 1. The summed E-state index contributed by atoms with van der Waals surface area (Å²) < 4.78 is 0. The van der Waals surface area contributed by atoms with Crippen LogP contribution in [0, 0.1) is 6.92 Å². The predicted molar refractivity (Wildman–Crippen MR) is 116 cm³/mol. The van der Waals surface area contributed by atoms with Gasteiger partial charge in [0.1, 0.15) is 10.7 Å². The molecule has 0 radical (unpaired) electrons. The fourth-order valence-corrected chi connectivity index (χ4v) is 4.19. The highest BCUT2D eigenvalue weighted by Crippen LogP contribution is 2.19. The van der Waals surface area contributed by atoms with Crippen LogP contribution in [0.4, 0.5) is 5.69 Å². The second-order valence-electron chi connectivity index (χ2n) is 7.27. The Kier molecular flexibility index (Phi) is 6.17. The summed E-state index contributed by atoms with van der Waals surface area (Å²) >= 11 is 1.55. The number of rotatable bonds is 6. The van der Waals surface area contributed by atoms with Crippen LogP contribution in [-0.4, -0.2) is 47.0 Å². The van der Waals surface area contributed by atoms with Gasteiger partial charge < -0.3 is 10.2 Å². The summed E-state index contributed by atoms with van der Waals surface area (Å²) in [7, 11) is 0. The fraction of sp³-hybridized carbons (Fsp3) is 0.318. The zero-order valence-electron chi connectivity index (χ0n) is 16.5. The van der Waals surface area contributed by atoms with Gasteiger partial charge in [0, 0.05) is 56.2 Å². The highest BCUT2D eigenvalue weighted by molar-refractivity contribution is 7.09. The van der Waals surface area contributed by atoms with E-state index in [0.717, 1.165) is 43.3 Å². The summed E-state index contributed by atoms with van der Waals surface area (Å²) in [4.78, 5) is 25.8. The Morgan fingerprint density at radius 1 is 1.14 bits per heavy atom. The Morgan fingerprint density at radius 2 is 1.93 bits per heavy atom. The monoisotopic (exact) mass is 407 g/mol. The summed E-state index contributed by atoms with van der Waals surface area (Å²) in [6.45, 7) is 7.37. The van der Waals surface area contributed by atoms with Gasteiger partial charge in [0.2, 0.25) is 0 Å². The molecule has 0 saturated carbocycles. The van der Waals surface area contributed by atoms with Crippen molar-refractivity contribution in [3.63, 3.8) is 0 Å². The number of anilines is 1. The molecule has 1 fully saturated rings. The van der Waals surface area contributed by atoms with Crippen LogP contribution in [0.5, 0.6) is 0 Å². The first kappa shape index (κ1) is 19.5. The molecular weight excluding hydrogens is 382 g/mol. The number of benzene rings is 1. The van der Waals surface area contributed by atoms with Crippen molar-refractivity contribution < 1.29 is 4.79 Å². The molecule has 1 saturated heterocycles. The molecule has 1 amide bonds. The van der Waals surface area contributed by atoms with Gasteiger partial charge in [-0.25, -0.2) is 4.98 Å². The number of hydrogen-bond acceptors (Lipinski definition) is 6. The Labute approximate surface area is 175 Å². The maximum Gasteiger partial charge on any atom is 0.271 e. The van der Waals surface area contributed by atoms with Gasteiger partial charge in [-0.1, -0.05) is 23.8 Å². The molecule has 4 rings (SSSR count). The topological polar surface area (TPSA) is 61.4 Å². The lowest BCUT2D eigenvalue weighted by Gasteiger charge is -2.35. The SMILES string of the molecule is Cc1ccc(N2CCN(Cc3nc(C(=O)NCc4cccnc4)cs3)CC2)cc1. The molecule has 6 nitrogen and oxygen atoms in total. The first-order valence-electron chi connectivity index (χ1n) is 9.83. The molecule has 150 valence electrons. The fourth-order valence-electron chi connectivity index (χ4n) is 3.37. The molecule has 1 aliphatic heterocycles. The van der Waals surface area contributed by atoms with Crippen LogP contribution in [0.15, 0.2) is 54.2 Å². The van der Waals surface area contributed by atoms with E-state index in [0.29, 0.717) is 12.2 Å². The Balaban J connectivity index is 1.26. The highest BCUT2D eigenvalue weighted by atomic mass is 32.1. The van der Waals surface area contributed by atoms with E-state index in [1.807, 2.05) is 17.5 Å². The number of nitrogens with one attached hydrogen (secondary N) is 1. The van der Waals surface area contributed by atoms with Crippen LogP contribution in [0.25, 0.3) is 0 Å². The summed E-state index contributed by atoms with van der Waals surface area (Å²) in [5.41, 5.74) is 4.04. The number of piperazine rings is 1. The second-order valence-corrected chi connectivity index (χ2v) is 8.21. The van der Waals surface area contributed by atoms with Gasteiger partial charge in [-0.2, -0.15) is 0 Å². The van der Waals surface area contributed by atoms with Crippen molar-refractivity contribution in [1.29, 1.82) is 0 Å². The lowest BCUT2D eigenvalue weighted by molar-refractivity contribution is 0.0946. The Bertz CT molecular complexity index is 933. The van der Waals surface area contributed by atoms with Crippen LogP contribution >= 0.6 is 11.3 Å². The third-order valence-electron chi connectivity index (χ3n) is 5.09. The first-order chi connectivity index (χ1) is 14.2. The van der Waals surface area contributed by atoms with Gasteiger partial charge in [0.25, 0.3) is 5.91 Å². The number of hydrogen-bond donors (Lipinski definition) is 1. The molecular formula is C22H25N5OS. The third kappa shape index (κ3) is 5.19. The highest BCUT2D eigenvalue weighted by Gasteiger charge is 2.19. The molecule has 7 heteroatoms. The molecule has 1 aliphatic rings. The summed E-state index contributed by atoms with van der Waals surface area (Å²) in [5, 5.41) is 5.74. The molecule has 2 aromatic heterocycles. The van der Waals surface area contributed by atoms with Crippen molar-refractivity contribution >= 4 is 22.9 Å². The van der Waals surface area contributed by atoms with E-state index in [9.17, 15) is 4.79 Å². The quantitative estimate of drug-likeness (QED) is 0.680. The number of thiazole rings is 1. The van der Waals surface area contributed by atoms with Crippen molar-refractivity contribution in [3.05, 3.63) is 76.0 Å². The van der Waals surface area contributed by atoms with Crippen molar-refractivity contribution in [3.8, 4) is 0 Å². The third-order valence-corrected chi connectivity index (χ3v) is 5.92. The molecule has 29 heavy (non-hydrogen) atoms. The van der Waals surface area contributed by atoms with Crippen LogP contribution in [0.2, 0.25) is 0 Å². The van der Waals surface area contributed by atoms with Gasteiger partial charge >= 0.3 is 0 Å². The smallest absolute Gasteiger partial charge is 0.271 e. The molecule has 0 spiro atoms.